The molecule has 5 nitrogen and oxygen atoms in total. The smallest absolute Gasteiger partial charge is 0.235 e. The fraction of sp³-hybridized carbons (Fsp3) is 0.583. The van der Waals surface area contributed by atoms with Gasteiger partial charge in [-0.1, -0.05) is 43.9 Å². The molecule has 0 aliphatic rings. The number of anilines is 1. The zero-order valence-corrected chi connectivity index (χ0v) is 12.9. The predicted molar refractivity (Wildman–Crippen MR) is 77.6 cm³/mol. The Morgan fingerprint density at radius 2 is 2.16 bits per heavy atom. The Bertz CT molecular complexity index is 574. The number of aliphatic hydroxyl groups excluding tert-OH is 1. The van der Waals surface area contributed by atoms with Crippen molar-refractivity contribution < 1.29 is 13.5 Å². The van der Waals surface area contributed by atoms with Gasteiger partial charge in [0.1, 0.15) is 0 Å². The van der Waals surface area contributed by atoms with Gasteiger partial charge < -0.3 is 5.11 Å². The molecule has 1 rings (SSSR count). The van der Waals surface area contributed by atoms with Crippen LogP contribution in [0.4, 0.5) is 5.13 Å². The van der Waals surface area contributed by atoms with Crippen LogP contribution in [0.1, 0.15) is 32.1 Å². The quantitative estimate of drug-likeness (QED) is 0.829. The third kappa shape index (κ3) is 6.57. The number of aromatic nitrogens is 1. The minimum atomic E-state index is -3.39. The molecule has 1 aromatic heterocycles. The highest BCUT2D eigenvalue weighted by Gasteiger charge is 2.22. The molecule has 0 saturated heterocycles. The van der Waals surface area contributed by atoms with Crippen molar-refractivity contribution in [3.63, 3.8) is 0 Å². The number of nitrogens with one attached hydrogen (secondary N) is 1. The van der Waals surface area contributed by atoms with Crippen LogP contribution in [0.2, 0.25) is 0 Å². The van der Waals surface area contributed by atoms with Crippen LogP contribution >= 0.6 is 11.3 Å². The molecule has 7 heteroatoms. The first-order valence-corrected chi connectivity index (χ1v) is 8.25. The Kier molecular flexibility index (Phi) is 5.35. The van der Waals surface area contributed by atoms with Crippen LogP contribution in [-0.2, 0) is 10.0 Å². The van der Waals surface area contributed by atoms with Gasteiger partial charge in [-0.25, -0.2) is 13.4 Å². The summed E-state index contributed by atoms with van der Waals surface area (Å²) in [6.45, 7) is 5.59. The minimum absolute atomic E-state index is 0.0108. The lowest BCUT2D eigenvalue weighted by molar-refractivity contribution is 0.305. The number of thiazole rings is 1. The molecule has 0 aromatic carbocycles. The van der Waals surface area contributed by atoms with E-state index in [-0.39, 0.29) is 17.8 Å². The summed E-state index contributed by atoms with van der Waals surface area (Å²) in [6, 6.07) is 0. The van der Waals surface area contributed by atoms with Gasteiger partial charge in [0.2, 0.25) is 10.0 Å². The zero-order chi connectivity index (χ0) is 14.5. The van der Waals surface area contributed by atoms with E-state index >= 15 is 0 Å². The molecule has 1 aromatic rings. The topological polar surface area (TPSA) is 79.3 Å². The molecule has 0 saturated carbocycles. The lowest BCUT2D eigenvalue weighted by Crippen LogP contribution is -2.26. The average Bonchev–Trinajstić information content (AvgIpc) is 2.61. The van der Waals surface area contributed by atoms with Crippen LogP contribution in [0.15, 0.2) is 6.20 Å². The molecule has 0 amide bonds. The van der Waals surface area contributed by atoms with Gasteiger partial charge in [0.15, 0.2) is 5.13 Å². The molecule has 106 valence electrons. The molecule has 0 fully saturated rings. The Morgan fingerprint density at radius 1 is 1.47 bits per heavy atom. The highest BCUT2D eigenvalue weighted by atomic mass is 32.2. The van der Waals surface area contributed by atoms with Crippen LogP contribution in [-0.4, -0.2) is 30.9 Å². The number of hydrogen-bond donors (Lipinski definition) is 2. The SMILES string of the molecule is CC(C)(C)CS(=O)(=O)Nc1ncc(C#CCCO)s1. The van der Waals surface area contributed by atoms with E-state index < -0.39 is 10.0 Å². The van der Waals surface area contributed by atoms with Crippen molar-refractivity contribution >= 4 is 26.5 Å². The molecule has 0 radical (unpaired) electrons. The van der Waals surface area contributed by atoms with Gasteiger partial charge >= 0.3 is 0 Å². The van der Waals surface area contributed by atoms with Gasteiger partial charge in [-0.3, -0.25) is 4.72 Å². The number of hydrogen-bond acceptors (Lipinski definition) is 5. The summed E-state index contributed by atoms with van der Waals surface area (Å²) in [5.41, 5.74) is -0.313. The Labute approximate surface area is 118 Å². The molecule has 19 heavy (non-hydrogen) atoms. The van der Waals surface area contributed by atoms with Gasteiger partial charge in [-0.2, -0.15) is 0 Å². The van der Waals surface area contributed by atoms with Crippen LogP contribution in [0.5, 0.6) is 0 Å². The van der Waals surface area contributed by atoms with Crippen molar-refractivity contribution in [2.45, 2.75) is 27.2 Å². The first-order chi connectivity index (χ1) is 8.72. The van der Waals surface area contributed by atoms with E-state index in [4.69, 9.17) is 5.11 Å². The van der Waals surface area contributed by atoms with Crippen molar-refractivity contribution in [1.82, 2.24) is 4.98 Å². The largest absolute Gasteiger partial charge is 0.395 e. The molecule has 0 aliphatic heterocycles. The van der Waals surface area contributed by atoms with Gasteiger partial charge in [0, 0.05) is 6.42 Å². The molecule has 0 bridgehead atoms. The van der Waals surface area contributed by atoms with Crippen LogP contribution in [0, 0.1) is 17.3 Å². The number of rotatable bonds is 4. The van der Waals surface area contributed by atoms with E-state index in [9.17, 15) is 8.42 Å². The average molecular weight is 302 g/mol. The monoisotopic (exact) mass is 302 g/mol. The number of nitrogens with zero attached hydrogens (tertiary/aromatic N) is 1. The third-order valence-corrected chi connectivity index (χ3v) is 4.53. The standard InChI is InChI=1S/C12H18N2O3S2/c1-12(2,3)9-19(16,17)14-11-13-8-10(18-11)6-4-5-7-15/h8,15H,5,7,9H2,1-3H3,(H,13,14). The Morgan fingerprint density at radius 3 is 2.74 bits per heavy atom. The van der Waals surface area contributed by atoms with Crippen molar-refractivity contribution in [2.24, 2.45) is 5.41 Å². The van der Waals surface area contributed by atoms with E-state index in [0.29, 0.717) is 16.4 Å². The van der Waals surface area contributed by atoms with E-state index in [1.165, 1.54) is 17.5 Å². The van der Waals surface area contributed by atoms with Crippen LogP contribution in [0.3, 0.4) is 0 Å². The van der Waals surface area contributed by atoms with E-state index in [2.05, 4.69) is 21.5 Å². The first kappa shape index (κ1) is 16.0. The Hall–Kier alpha value is -1.10. The first-order valence-electron chi connectivity index (χ1n) is 5.78. The van der Waals surface area contributed by atoms with Crippen molar-refractivity contribution in [3.8, 4) is 11.8 Å². The molecule has 0 unspecified atom stereocenters. The summed E-state index contributed by atoms with van der Waals surface area (Å²) >= 11 is 1.18. The minimum Gasteiger partial charge on any atom is -0.395 e. The second-order valence-electron chi connectivity index (χ2n) is 5.23. The van der Waals surface area contributed by atoms with Gasteiger partial charge in [-0.05, 0) is 5.41 Å². The normalized spacial score (nSPS) is 11.8. The molecular weight excluding hydrogens is 284 g/mol. The molecule has 1 heterocycles. The second kappa shape index (κ2) is 6.37. The van der Waals surface area contributed by atoms with E-state index in [0.717, 1.165) is 0 Å². The van der Waals surface area contributed by atoms with E-state index in [1.54, 1.807) is 0 Å². The van der Waals surface area contributed by atoms with Crippen molar-refractivity contribution in [3.05, 3.63) is 11.1 Å². The fourth-order valence-electron chi connectivity index (χ4n) is 1.32. The molecule has 0 spiro atoms. The molecule has 0 aliphatic carbocycles. The highest BCUT2D eigenvalue weighted by molar-refractivity contribution is 7.92. The predicted octanol–water partition coefficient (Wildman–Crippen LogP) is 1.66. The maximum Gasteiger partial charge on any atom is 0.235 e. The maximum atomic E-state index is 11.9. The van der Waals surface area contributed by atoms with Gasteiger partial charge in [-0.15, -0.1) is 0 Å². The van der Waals surface area contributed by atoms with Crippen LogP contribution in [0.25, 0.3) is 0 Å². The van der Waals surface area contributed by atoms with Crippen molar-refractivity contribution in [1.29, 1.82) is 0 Å². The molecular formula is C12H18N2O3S2. The van der Waals surface area contributed by atoms with Gasteiger partial charge in [0.25, 0.3) is 0 Å². The van der Waals surface area contributed by atoms with Crippen molar-refractivity contribution in [2.75, 3.05) is 17.1 Å². The van der Waals surface area contributed by atoms with Crippen LogP contribution < -0.4 is 4.72 Å². The lowest BCUT2D eigenvalue weighted by atomic mass is 10.0. The summed E-state index contributed by atoms with van der Waals surface area (Å²) in [7, 11) is -3.39. The van der Waals surface area contributed by atoms with E-state index in [1.807, 2.05) is 20.8 Å². The summed E-state index contributed by atoms with van der Waals surface area (Å²) < 4.78 is 26.2. The van der Waals surface area contributed by atoms with Gasteiger partial charge in [0.05, 0.1) is 23.4 Å². The molecule has 0 atom stereocenters. The highest BCUT2D eigenvalue weighted by Crippen LogP contribution is 2.21. The third-order valence-electron chi connectivity index (χ3n) is 1.82. The summed E-state index contributed by atoms with van der Waals surface area (Å²) in [4.78, 5) is 4.64. The maximum absolute atomic E-state index is 11.9. The Balaban J connectivity index is 2.72. The zero-order valence-electron chi connectivity index (χ0n) is 11.2. The summed E-state index contributed by atoms with van der Waals surface area (Å²) in [5, 5.41) is 8.92. The lowest BCUT2D eigenvalue weighted by Gasteiger charge is -2.17. The molecule has 2 N–H and O–H groups in total. The number of aliphatic hydroxyl groups is 1. The second-order valence-corrected chi connectivity index (χ2v) is 7.98. The summed E-state index contributed by atoms with van der Waals surface area (Å²) in [6.07, 6.45) is 1.91. The number of sulfonamides is 1. The fourth-order valence-corrected chi connectivity index (χ4v) is 3.94. The summed E-state index contributed by atoms with van der Waals surface area (Å²) in [5.74, 6) is 5.60.